The van der Waals surface area contributed by atoms with Crippen molar-refractivity contribution in [2.45, 2.75) is 25.7 Å². The average Bonchev–Trinajstić information content (AvgIpc) is 2.51. The van der Waals surface area contributed by atoms with Crippen LogP contribution in [0.1, 0.15) is 29.7 Å². The second-order valence-corrected chi connectivity index (χ2v) is 5.04. The van der Waals surface area contributed by atoms with Crippen molar-refractivity contribution in [2.24, 2.45) is 0 Å². The van der Waals surface area contributed by atoms with Gasteiger partial charge in [0.15, 0.2) is 11.6 Å². The third kappa shape index (κ3) is 2.57. The molecule has 3 rings (SSSR count). The van der Waals surface area contributed by atoms with Gasteiger partial charge in [0.1, 0.15) is 11.9 Å². The van der Waals surface area contributed by atoms with Crippen LogP contribution in [0.4, 0.5) is 20.3 Å². The Morgan fingerprint density at radius 1 is 1.19 bits per heavy atom. The number of halogens is 2. The SMILES string of the molecule is N#Cc1cc2c(nc1Nc1cccc(F)c1F)CCCC2. The lowest BCUT2D eigenvalue weighted by molar-refractivity contribution is 0.511. The maximum Gasteiger partial charge on any atom is 0.182 e. The Morgan fingerprint density at radius 2 is 2.00 bits per heavy atom. The third-order valence-electron chi connectivity index (χ3n) is 3.63. The van der Waals surface area contributed by atoms with E-state index >= 15 is 0 Å². The summed E-state index contributed by atoms with van der Waals surface area (Å²) in [5, 5.41) is 12.0. The van der Waals surface area contributed by atoms with Gasteiger partial charge in [0.2, 0.25) is 0 Å². The lowest BCUT2D eigenvalue weighted by Crippen LogP contribution is -2.09. The van der Waals surface area contributed by atoms with Crippen molar-refractivity contribution in [1.29, 1.82) is 5.26 Å². The number of aromatic nitrogens is 1. The minimum atomic E-state index is -0.971. The molecule has 0 fully saturated rings. The maximum atomic E-state index is 13.7. The number of benzene rings is 1. The monoisotopic (exact) mass is 285 g/mol. The van der Waals surface area contributed by atoms with Gasteiger partial charge < -0.3 is 5.32 Å². The summed E-state index contributed by atoms with van der Waals surface area (Å²) in [5.41, 5.74) is 2.33. The summed E-state index contributed by atoms with van der Waals surface area (Å²) in [5.74, 6) is -1.62. The fourth-order valence-corrected chi connectivity index (χ4v) is 2.54. The number of pyridine rings is 1. The molecule has 21 heavy (non-hydrogen) atoms. The number of anilines is 2. The molecule has 1 N–H and O–H groups in total. The van der Waals surface area contributed by atoms with Crippen molar-refractivity contribution in [3.05, 3.63) is 52.7 Å². The molecular formula is C16H13F2N3. The summed E-state index contributed by atoms with van der Waals surface area (Å²) in [7, 11) is 0. The van der Waals surface area contributed by atoms with E-state index in [1.54, 1.807) is 6.07 Å². The van der Waals surface area contributed by atoms with Crippen LogP contribution in [0, 0.1) is 23.0 Å². The Hall–Kier alpha value is -2.48. The predicted molar refractivity (Wildman–Crippen MR) is 75.2 cm³/mol. The molecule has 0 bridgehead atoms. The second-order valence-electron chi connectivity index (χ2n) is 5.04. The van der Waals surface area contributed by atoms with E-state index in [1.807, 2.05) is 0 Å². The molecule has 0 atom stereocenters. The fourth-order valence-electron chi connectivity index (χ4n) is 2.54. The van der Waals surface area contributed by atoms with Crippen LogP contribution in [-0.2, 0) is 12.8 Å². The number of aryl methyl sites for hydroxylation is 2. The fraction of sp³-hybridized carbons (Fsp3) is 0.250. The van der Waals surface area contributed by atoms with Crippen LogP contribution in [0.2, 0.25) is 0 Å². The van der Waals surface area contributed by atoms with Crippen molar-refractivity contribution < 1.29 is 8.78 Å². The molecule has 0 aliphatic heterocycles. The average molecular weight is 285 g/mol. The van der Waals surface area contributed by atoms with Gasteiger partial charge in [-0.2, -0.15) is 5.26 Å². The van der Waals surface area contributed by atoms with Gasteiger partial charge >= 0.3 is 0 Å². The Morgan fingerprint density at radius 3 is 2.81 bits per heavy atom. The summed E-state index contributed by atoms with van der Waals surface area (Å²) in [6.45, 7) is 0. The summed E-state index contributed by atoms with van der Waals surface area (Å²) in [4.78, 5) is 4.43. The van der Waals surface area contributed by atoms with E-state index in [0.29, 0.717) is 5.56 Å². The third-order valence-corrected chi connectivity index (χ3v) is 3.63. The van der Waals surface area contributed by atoms with Crippen LogP contribution in [0.25, 0.3) is 0 Å². The first-order valence-electron chi connectivity index (χ1n) is 6.83. The minimum absolute atomic E-state index is 0.0187. The van der Waals surface area contributed by atoms with Gasteiger partial charge in [0.25, 0.3) is 0 Å². The van der Waals surface area contributed by atoms with E-state index in [1.165, 1.54) is 12.1 Å². The number of nitrogens with one attached hydrogen (secondary N) is 1. The van der Waals surface area contributed by atoms with Crippen LogP contribution < -0.4 is 5.32 Å². The van der Waals surface area contributed by atoms with Crippen molar-refractivity contribution in [3.8, 4) is 6.07 Å². The molecule has 1 aromatic carbocycles. The summed E-state index contributed by atoms with van der Waals surface area (Å²) in [6, 6.07) is 7.72. The van der Waals surface area contributed by atoms with Gasteiger partial charge in [-0.05, 0) is 49.4 Å². The summed E-state index contributed by atoms with van der Waals surface area (Å²) < 4.78 is 27.0. The molecule has 0 saturated heterocycles. The Bertz CT molecular complexity index is 735. The van der Waals surface area contributed by atoms with Gasteiger partial charge in [-0.25, -0.2) is 13.8 Å². The molecule has 1 aliphatic rings. The molecule has 1 aromatic heterocycles. The molecule has 0 radical (unpaired) electrons. The van der Waals surface area contributed by atoms with E-state index in [4.69, 9.17) is 0 Å². The van der Waals surface area contributed by atoms with Crippen molar-refractivity contribution >= 4 is 11.5 Å². The Kier molecular flexibility index (Phi) is 3.53. The Balaban J connectivity index is 2.02. The standard InChI is InChI=1S/C16H13F2N3/c17-12-5-3-7-14(15(12)18)21-16-11(9-19)8-10-4-1-2-6-13(10)20-16/h3,5,7-8H,1-2,4,6H2,(H,20,21). The van der Waals surface area contributed by atoms with Crippen LogP contribution in [0.15, 0.2) is 24.3 Å². The van der Waals surface area contributed by atoms with Crippen molar-refractivity contribution in [2.75, 3.05) is 5.32 Å². The number of nitriles is 1. The number of fused-ring (bicyclic) bond motifs is 1. The van der Waals surface area contributed by atoms with Gasteiger partial charge in [-0.3, -0.25) is 0 Å². The lowest BCUT2D eigenvalue weighted by atomic mass is 9.95. The van der Waals surface area contributed by atoms with Gasteiger partial charge in [-0.15, -0.1) is 0 Å². The number of hydrogen-bond donors (Lipinski definition) is 1. The van der Waals surface area contributed by atoms with E-state index in [9.17, 15) is 14.0 Å². The summed E-state index contributed by atoms with van der Waals surface area (Å²) >= 11 is 0. The minimum Gasteiger partial charge on any atom is -0.337 e. The van der Waals surface area contributed by atoms with Crippen LogP contribution >= 0.6 is 0 Å². The molecule has 106 valence electrons. The molecule has 0 amide bonds. The van der Waals surface area contributed by atoms with Gasteiger partial charge in [0, 0.05) is 5.69 Å². The highest BCUT2D eigenvalue weighted by atomic mass is 19.2. The first-order chi connectivity index (χ1) is 10.2. The highest BCUT2D eigenvalue weighted by molar-refractivity contribution is 5.64. The molecule has 0 unspecified atom stereocenters. The van der Waals surface area contributed by atoms with Crippen molar-refractivity contribution in [3.63, 3.8) is 0 Å². The zero-order chi connectivity index (χ0) is 14.8. The first-order valence-corrected chi connectivity index (χ1v) is 6.83. The molecule has 3 nitrogen and oxygen atoms in total. The number of rotatable bonds is 2. The molecule has 0 saturated carbocycles. The molecule has 5 heteroatoms. The van der Waals surface area contributed by atoms with E-state index in [0.717, 1.165) is 43.0 Å². The van der Waals surface area contributed by atoms with Gasteiger partial charge in [0.05, 0.1) is 11.3 Å². The predicted octanol–water partition coefficient (Wildman–Crippen LogP) is 3.85. The zero-order valence-corrected chi connectivity index (χ0v) is 11.3. The number of nitrogens with zero attached hydrogens (tertiary/aromatic N) is 2. The van der Waals surface area contributed by atoms with E-state index in [2.05, 4.69) is 16.4 Å². The maximum absolute atomic E-state index is 13.7. The van der Waals surface area contributed by atoms with Crippen molar-refractivity contribution in [1.82, 2.24) is 4.98 Å². The topological polar surface area (TPSA) is 48.7 Å². The Labute approximate surface area is 121 Å². The normalized spacial score (nSPS) is 13.4. The molecule has 1 aliphatic carbocycles. The highest BCUT2D eigenvalue weighted by Gasteiger charge is 2.16. The van der Waals surface area contributed by atoms with E-state index < -0.39 is 11.6 Å². The van der Waals surface area contributed by atoms with Crippen LogP contribution in [0.3, 0.4) is 0 Å². The highest BCUT2D eigenvalue weighted by Crippen LogP contribution is 2.27. The first kappa shape index (κ1) is 13.5. The molecule has 1 heterocycles. The molecular weight excluding hydrogens is 272 g/mol. The van der Waals surface area contributed by atoms with Crippen LogP contribution in [0.5, 0.6) is 0 Å². The molecule has 2 aromatic rings. The molecule has 0 spiro atoms. The van der Waals surface area contributed by atoms with Gasteiger partial charge in [-0.1, -0.05) is 6.07 Å². The number of hydrogen-bond acceptors (Lipinski definition) is 3. The summed E-state index contributed by atoms with van der Waals surface area (Å²) in [6.07, 6.45) is 3.90. The van der Waals surface area contributed by atoms with E-state index in [-0.39, 0.29) is 11.5 Å². The quantitative estimate of drug-likeness (QED) is 0.911. The smallest absolute Gasteiger partial charge is 0.182 e. The lowest BCUT2D eigenvalue weighted by Gasteiger charge is -2.17. The van der Waals surface area contributed by atoms with Crippen LogP contribution in [-0.4, -0.2) is 4.98 Å². The largest absolute Gasteiger partial charge is 0.337 e. The zero-order valence-electron chi connectivity index (χ0n) is 11.3. The second kappa shape index (κ2) is 5.49.